The van der Waals surface area contributed by atoms with Gasteiger partial charge in [0.05, 0.1) is 13.7 Å². The molecule has 0 heterocycles. The van der Waals surface area contributed by atoms with Crippen LogP contribution in [0.4, 0.5) is 0 Å². The van der Waals surface area contributed by atoms with Crippen LogP contribution in [0, 0.1) is 0 Å². The van der Waals surface area contributed by atoms with Gasteiger partial charge in [-0.3, -0.25) is 4.79 Å². The van der Waals surface area contributed by atoms with Crippen molar-refractivity contribution < 1.29 is 14.3 Å². The van der Waals surface area contributed by atoms with E-state index in [1.54, 1.807) is 19.2 Å². The predicted octanol–water partition coefficient (Wildman–Crippen LogP) is 3.27. The summed E-state index contributed by atoms with van der Waals surface area (Å²) in [6.45, 7) is 0.857. The van der Waals surface area contributed by atoms with Gasteiger partial charge in [-0.25, -0.2) is 0 Å². The van der Waals surface area contributed by atoms with Crippen molar-refractivity contribution in [2.75, 3.05) is 20.3 Å². The number of hydrogen-bond donors (Lipinski definition) is 1. The number of carbonyl (C=O) groups is 1. The number of halogens is 1. The SMILES string of the molecule is COc1ccc(OCCNC(=O)c2ccc(Br)cc2)cc1. The van der Waals surface area contributed by atoms with E-state index < -0.39 is 0 Å². The maximum atomic E-state index is 11.9. The molecule has 2 rings (SSSR count). The molecule has 0 aliphatic rings. The molecule has 0 unspecified atom stereocenters. The van der Waals surface area contributed by atoms with Gasteiger partial charge in [0.2, 0.25) is 0 Å². The van der Waals surface area contributed by atoms with Crippen LogP contribution in [-0.4, -0.2) is 26.2 Å². The van der Waals surface area contributed by atoms with Crippen molar-refractivity contribution in [3.63, 3.8) is 0 Å². The minimum atomic E-state index is -0.110. The summed E-state index contributed by atoms with van der Waals surface area (Å²) in [6.07, 6.45) is 0. The van der Waals surface area contributed by atoms with Gasteiger partial charge in [-0.2, -0.15) is 0 Å². The molecule has 0 spiro atoms. The van der Waals surface area contributed by atoms with Crippen LogP contribution in [0.1, 0.15) is 10.4 Å². The van der Waals surface area contributed by atoms with Crippen LogP contribution in [0.5, 0.6) is 11.5 Å². The van der Waals surface area contributed by atoms with Crippen LogP contribution < -0.4 is 14.8 Å². The minimum Gasteiger partial charge on any atom is -0.497 e. The molecule has 4 nitrogen and oxygen atoms in total. The molecule has 1 N–H and O–H groups in total. The molecule has 0 saturated heterocycles. The highest BCUT2D eigenvalue weighted by atomic mass is 79.9. The lowest BCUT2D eigenvalue weighted by atomic mass is 10.2. The molecule has 5 heteroatoms. The van der Waals surface area contributed by atoms with E-state index in [1.807, 2.05) is 36.4 Å². The van der Waals surface area contributed by atoms with Gasteiger partial charge in [0.15, 0.2) is 0 Å². The maximum Gasteiger partial charge on any atom is 0.251 e. The van der Waals surface area contributed by atoms with Crippen molar-refractivity contribution in [2.45, 2.75) is 0 Å². The average Bonchev–Trinajstić information content (AvgIpc) is 2.52. The van der Waals surface area contributed by atoms with Crippen molar-refractivity contribution in [1.29, 1.82) is 0 Å². The molecule has 0 saturated carbocycles. The van der Waals surface area contributed by atoms with Gasteiger partial charge in [-0.05, 0) is 48.5 Å². The Hall–Kier alpha value is -2.01. The van der Waals surface area contributed by atoms with E-state index in [1.165, 1.54) is 0 Å². The minimum absolute atomic E-state index is 0.110. The highest BCUT2D eigenvalue weighted by Crippen LogP contribution is 2.16. The van der Waals surface area contributed by atoms with E-state index in [0.717, 1.165) is 16.0 Å². The third-order valence-corrected chi connectivity index (χ3v) is 3.35. The molecule has 0 aliphatic carbocycles. The van der Waals surface area contributed by atoms with Crippen molar-refractivity contribution in [2.24, 2.45) is 0 Å². The lowest BCUT2D eigenvalue weighted by Crippen LogP contribution is -2.28. The van der Waals surface area contributed by atoms with Gasteiger partial charge in [-0.15, -0.1) is 0 Å². The highest BCUT2D eigenvalue weighted by molar-refractivity contribution is 9.10. The number of nitrogens with one attached hydrogen (secondary N) is 1. The lowest BCUT2D eigenvalue weighted by Gasteiger charge is -2.08. The van der Waals surface area contributed by atoms with Crippen molar-refractivity contribution in [1.82, 2.24) is 5.32 Å². The van der Waals surface area contributed by atoms with E-state index in [9.17, 15) is 4.79 Å². The Balaban J connectivity index is 1.73. The summed E-state index contributed by atoms with van der Waals surface area (Å²) in [5.41, 5.74) is 0.627. The molecule has 1 amide bonds. The number of amides is 1. The molecule has 2 aromatic carbocycles. The Morgan fingerprint density at radius 1 is 1.05 bits per heavy atom. The normalized spacial score (nSPS) is 10.0. The van der Waals surface area contributed by atoms with Crippen LogP contribution in [0.25, 0.3) is 0 Å². The lowest BCUT2D eigenvalue weighted by molar-refractivity contribution is 0.0947. The Labute approximate surface area is 132 Å². The van der Waals surface area contributed by atoms with E-state index in [2.05, 4.69) is 21.2 Å². The van der Waals surface area contributed by atoms with Crippen molar-refractivity contribution in [3.8, 4) is 11.5 Å². The Morgan fingerprint density at radius 2 is 1.67 bits per heavy atom. The van der Waals surface area contributed by atoms with Gasteiger partial charge >= 0.3 is 0 Å². The molecule has 0 bridgehead atoms. The van der Waals surface area contributed by atoms with E-state index in [4.69, 9.17) is 9.47 Å². The second-order valence-electron chi connectivity index (χ2n) is 4.29. The standard InChI is InChI=1S/C16H16BrNO3/c1-20-14-6-8-15(9-7-14)21-11-10-18-16(19)12-2-4-13(17)5-3-12/h2-9H,10-11H2,1H3,(H,18,19). The molecular formula is C16H16BrNO3. The molecule has 110 valence electrons. The first kappa shape index (κ1) is 15.4. The fraction of sp³-hybridized carbons (Fsp3) is 0.188. The van der Waals surface area contributed by atoms with Gasteiger partial charge in [-0.1, -0.05) is 15.9 Å². The zero-order chi connectivity index (χ0) is 15.1. The fourth-order valence-electron chi connectivity index (χ4n) is 1.71. The number of hydrogen-bond acceptors (Lipinski definition) is 3. The molecular weight excluding hydrogens is 334 g/mol. The Kier molecular flexibility index (Phi) is 5.63. The third kappa shape index (κ3) is 4.79. The molecule has 0 aromatic heterocycles. The largest absolute Gasteiger partial charge is 0.497 e. The topological polar surface area (TPSA) is 47.6 Å². The number of carbonyl (C=O) groups excluding carboxylic acids is 1. The van der Waals surface area contributed by atoms with Gasteiger partial charge < -0.3 is 14.8 Å². The summed E-state index contributed by atoms with van der Waals surface area (Å²) in [5.74, 6) is 1.42. The first-order valence-corrected chi connectivity index (χ1v) is 7.29. The quantitative estimate of drug-likeness (QED) is 0.814. The van der Waals surface area contributed by atoms with Crippen LogP contribution in [0.3, 0.4) is 0 Å². The number of benzene rings is 2. The second kappa shape index (κ2) is 7.69. The maximum absolute atomic E-state index is 11.9. The van der Waals surface area contributed by atoms with Crippen LogP contribution in [-0.2, 0) is 0 Å². The molecule has 0 aliphatic heterocycles. The summed E-state index contributed by atoms with van der Waals surface area (Å²) >= 11 is 3.33. The van der Waals surface area contributed by atoms with Crippen molar-refractivity contribution in [3.05, 3.63) is 58.6 Å². The van der Waals surface area contributed by atoms with Crippen molar-refractivity contribution >= 4 is 21.8 Å². The summed E-state index contributed by atoms with van der Waals surface area (Å²) in [4.78, 5) is 11.9. The number of rotatable bonds is 6. The smallest absolute Gasteiger partial charge is 0.251 e. The third-order valence-electron chi connectivity index (χ3n) is 2.82. The van der Waals surface area contributed by atoms with Gasteiger partial charge in [0, 0.05) is 10.0 Å². The zero-order valence-corrected chi connectivity index (χ0v) is 13.2. The van der Waals surface area contributed by atoms with Crippen LogP contribution in [0.15, 0.2) is 53.0 Å². The Morgan fingerprint density at radius 3 is 2.29 bits per heavy atom. The summed E-state index contributed by atoms with van der Waals surface area (Å²) in [7, 11) is 1.62. The first-order chi connectivity index (χ1) is 10.2. The summed E-state index contributed by atoms with van der Waals surface area (Å²) in [5, 5.41) is 2.81. The van der Waals surface area contributed by atoms with Gasteiger partial charge in [0.1, 0.15) is 18.1 Å². The van der Waals surface area contributed by atoms with E-state index in [-0.39, 0.29) is 5.91 Å². The van der Waals surface area contributed by atoms with Crippen LogP contribution >= 0.6 is 15.9 Å². The fourth-order valence-corrected chi connectivity index (χ4v) is 1.97. The zero-order valence-electron chi connectivity index (χ0n) is 11.6. The van der Waals surface area contributed by atoms with Gasteiger partial charge in [0.25, 0.3) is 5.91 Å². The molecule has 2 aromatic rings. The predicted molar refractivity (Wildman–Crippen MR) is 85.0 cm³/mol. The molecule has 0 fully saturated rings. The molecule has 0 atom stereocenters. The Bertz CT molecular complexity index is 581. The highest BCUT2D eigenvalue weighted by Gasteiger charge is 2.04. The number of methoxy groups -OCH3 is 1. The first-order valence-electron chi connectivity index (χ1n) is 6.49. The molecule has 0 radical (unpaired) electrons. The summed E-state index contributed by atoms with van der Waals surface area (Å²) in [6, 6.07) is 14.5. The van der Waals surface area contributed by atoms with E-state index >= 15 is 0 Å². The second-order valence-corrected chi connectivity index (χ2v) is 5.20. The number of ether oxygens (including phenoxy) is 2. The monoisotopic (exact) mass is 349 g/mol. The summed E-state index contributed by atoms with van der Waals surface area (Å²) < 4.78 is 11.5. The van der Waals surface area contributed by atoms with E-state index in [0.29, 0.717) is 18.7 Å². The molecule has 21 heavy (non-hydrogen) atoms. The van der Waals surface area contributed by atoms with Crippen LogP contribution in [0.2, 0.25) is 0 Å². The average molecular weight is 350 g/mol.